The van der Waals surface area contributed by atoms with Crippen LogP contribution < -0.4 is 11.1 Å². The first-order chi connectivity index (χ1) is 7.86. The lowest BCUT2D eigenvalue weighted by Crippen LogP contribution is -2.26. The third-order valence-corrected chi connectivity index (χ3v) is 2.46. The molecule has 2 rings (SSSR count). The number of aromatic amines is 1. The van der Waals surface area contributed by atoms with Crippen molar-refractivity contribution >= 4 is 0 Å². The van der Waals surface area contributed by atoms with Gasteiger partial charge in [-0.15, -0.1) is 0 Å². The molecule has 0 fully saturated rings. The summed E-state index contributed by atoms with van der Waals surface area (Å²) >= 11 is 0. The number of hydrogen-bond donors (Lipinski definition) is 3. The van der Waals surface area contributed by atoms with E-state index in [1.54, 1.807) is 12.5 Å². The Morgan fingerprint density at radius 2 is 2.12 bits per heavy atom. The van der Waals surface area contributed by atoms with Gasteiger partial charge in [-0.2, -0.15) is 0 Å². The van der Waals surface area contributed by atoms with Crippen LogP contribution in [-0.4, -0.2) is 16.5 Å². The second-order valence-electron chi connectivity index (χ2n) is 3.72. The van der Waals surface area contributed by atoms with Crippen molar-refractivity contribution in [3.05, 3.63) is 54.1 Å². The molecule has 0 aliphatic carbocycles. The van der Waals surface area contributed by atoms with Gasteiger partial charge in [0.05, 0.1) is 6.33 Å². The molecule has 0 aliphatic heterocycles. The molecule has 1 atom stereocenters. The van der Waals surface area contributed by atoms with Crippen molar-refractivity contribution < 1.29 is 0 Å². The fraction of sp³-hybridized carbons (Fsp3) is 0.250. The Hall–Kier alpha value is -1.65. The Morgan fingerprint density at radius 1 is 1.31 bits per heavy atom. The van der Waals surface area contributed by atoms with Crippen LogP contribution in [0.4, 0.5) is 0 Å². The lowest BCUT2D eigenvalue weighted by molar-refractivity contribution is 0.593. The van der Waals surface area contributed by atoms with Crippen LogP contribution in [0.25, 0.3) is 0 Å². The molecule has 1 heterocycles. The number of imidazole rings is 1. The molecule has 0 amide bonds. The van der Waals surface area contributed by atoms with Gasteiger partial charge in [0.25, 0.3) is 0 Å². The van der Waals surface area contributed by atoms with Gasteiger partial charge < -0.3 is 16.0 Å². The molecule has 1 aromatic heterocycles. The summed E-state index contributed by atoms with van der Waals surface area (Å²) in [5.41, 5.74) is 8.27. The molecular weight excluding hydrogens is 200 g/mol. The number of hydrogen-bond acceptors (Lipinski definition) is 3. The molecule has 2 aromatic rings. The van der Waals surface area contributed by atoms with Gasteiger partial charge >= 0.3 is 0 Å². The molecule has 16 heavy (non-hydrogen) atoms. The van der Waals surface area contributed by atoms with Crippen LogP contribution >= 0.6 is 0 Å². The fourth-order valence-electron chi connectivity index (χ4n) is 1.56. The number of nitrogens with zero attached hydrogens (tertiary/aromatic N) is 1. The Balaban J connectivity index is 1.78. The monoisotopic (exact) mass is 216 g/mol. The molecule has 0 spiro atoms. The average molecular weight is 216 g/mol. The van der Waals surface area contributed by atoms with E-state index in [-0.39, 0.29) is 6.04 Å². The second kappa shape index (κ2) is 5.44. The summed E-state index contributed by atoms with van der Waals surface area (Å²) in [7, 11) is 0. The minimum absolute atomic E-state index is 0.0316. The fourth-order valence-corrected chi connectivity index (χ4v) is 1.56. The number of nitrogens with one attached hydrogen (secondary N) is 2. The zero-order valence-electron chi connectivity index (χ0n) is 9.06. The van der Waals surface area contributed by atoms with E-state index in [2.05, 4.69) is 15.3 Å². The van der Waals surface area contributed by atoms with Crippen molar-refractivity contribution in [1.82, 2.24) is 15.3 Å². The first-order valence-corrected chi connectivity index (χ1v) is 5.35. The van der Waals surface area contributed by atoms with Crippen molar-refractivity contribution in [3.63, 3.8) is 0 Å². The predicted molar refractivity (Wildman–Crippen MR) is 63.7 cm³/mol. The van der Waals surface area contributed by atoms with Gasteiger partial charge in [0.15, 0.2) is 0 Å². The van der Waals surface area contributed by atoms with Gasteiger partial charge in [0.2, 0.25) is 0 Å². The number of nitrogens with two attached hydrogens (primary N) is 1. The molecule has 1 aromatic carbocycles. The summed E-state index contributed by atoms with van der Waals surface area (Å²) in [5.74, 6) is 0. The first kappa shape index (κ1) is 10.9. The minimum Gasteiger partial charge on any atom is -0.347 e. The van der Waals surface area contributed by atoms with Crippen LogP contribution in [0.3, 0.4) is 0 Å². The van der Waals surface area contributed by atoms with Crippen LogP contribution in [0.2, 0.25) is 0 Å². The van der Waals surface area contributed by atoms with E-state index in [4.69, 9.17) is 5.73 Å². The number of benzene rings is 1. The molecule has 4 nitrogen and oxygen atoms in total. The van der Waals surface area contributed by atoms with E-state index in [0.29, 0.717) is 0 Å². The van der Waals surface area contributed by atoms with E-state index in [9.17, 15) is 0 Å². The molecule has 0 radical (unpaired) electrons. The highest BCUT2D eigenvalue weighted by Gasteiger charge is 2.04. The topological polar surface area (TPSA) is 66.7 Å². The third-order valence-electron chi connectivity index (χ3n) is 2.46. The van der Waals surface area contributed by atoms with Crippen molar-refractivity contribution in [2.45, 2.75) is 12.6 Å². The normalized spacial score (nSPS) is 12.6. The predicted octanol–water partition coefficient (Wildman–Crippen LogP) is 1.20. The zero-order valence-corrected chi connectivity index (χ0v) is 9.06. The van der Waals surface area contributed by atoms with Gasteiger partial charge in [0, 0.05) is 31.0 Å². The highest BCUT2D eigenvalue weighted by molar-refractivity contribution is 5.18. The van der Waals surface area contributed by atoms with Crippen LogP contribution in [0.5, 0.6) is 0 Å². The van der Waals surface area contributed by atoms with Crippen LogP contribution in [-0.2, 0) is 6.54 Å². The standard InChI is InChI=1S/C12H16N4/c13-12(10-4-2-1-3-5-10)8-14-6-11-7-15-9-16-11/h1-5,7,9,12,14H,6,8,13H2,(H,15,16)/t12-/m1/s1. The highest BCUT2D eigenvalue weighted by Crippen LogP contribution is 2.07. The lowest BCUT2D eigenvalue weighted by atomic mass is 10.1. The van der Waals surface area contributed by atoms with Crippen molar-refractivity contribution in [2.75, 3.05) is 6.54 Å². The molecule has 0 saturated carbocycles. The Labute approximate surface area is 94.9 Å². The smallest absolute Gasteiger partial charge is 0.0922 e. The zero-order chi connectivity index (χ0) is 11.2. The van der Waals surface area contributed by atoms with Gasteiger partial charge in [-0.05, 0) is 5.56 Å². The quantitative estimate of drug-likeness (QED) is 0.703. The molecule has 84 valence electrons. The van der Waals surface area contributed by atoms with E-state index in [0.717, 1.165) is 24.3 Å². The van der Waals surface area contributed by atoms with Gasteiger partial charge in [-0.1, -0.05) is 30.3 Å². The summed E-state index contributed by atoms with van der Waals surface area (Å²) < 4.78 is 0. The molecular formula is C12H16N4. The summed E-state index contributed by atoms with van der Waals surface area (Å²) in [6.07, 6.45) is 3.48. The molecule has 4 heteroatoms. The van der Waals surface area contributed by atoms with E-state index in [1.165, 1.54) is 0 Å². The van der Waals surface area contributed by atoms with Gasteiger partial charge in [0.1, 0.15) is 0 Å². The Bertz CT molecular complexity index is 396. The summed E-state index contributed by atoms with van der Waals surface area (Å²) in [6.45, 7) is 1.52. The minimum atomic E-state index is 0.0316. The van der Waals surface area contributed by atoms with Crippen LogP contribution in [0.15, 0.2) is 42.9 Å². The Kier molecular flexibility index (Phi) is 3.69. The van der Waals surface area contributed by atoms with Crippen molar-refractivity contribution in [3.8, 4) is 0 Å². The molecule has 0 saturated heterocycles. The van der Waals surface area contributed by atoms with Crippen molar-refractivity contribution in [2.24, 2.45) is 5.73 Å². The summed E-state index contributed by atoms with van der Waals surface area (Å²) in [4.78, 5) is 6.99. The van der Waals surface area contributed by atoms with E-state index < -0.39 is 0 Å². The van der Waals surface area contributed by atoms with Gasteiger partial charge in [-0.3, -0.25) is 0 Å². The number of H-pyrrole nitrogens is 1. The highest BCUT2D eigenvalue weighted by atomic mass is 14.9. The maximum atomic E-state index is 6.05. The summed E-state index contributed by atoms with van der Waals surface area (Å²) in [6, 6.07) is 10.1. The van der Waals surface area contributed by atoms with E-state index >= 15 is 0 Å². The van der Waals surface area contributed by atoms with Crippen LogP contribution in [0, 0.1) is 0 Å². The molecule has 0 bridgehead atoms. The van der Waals surface area contributed by atoms with Crippen molar-refractivity contribution in [1.29, 1.82) is 0 Å². The lowest BCUT2D eigenvalue weighted by Gasteiger charge is -2.12. The maximum absolute atomic E-state index is 6.05. The Morgan fingerprint density at radius 3 is 2.81 bits per heavy atom. The van der Waals surface area contributed by atoms with Gasteiger partial charge in [-0.25, -0.2) is 4.98 Å². The van der Waals surface area contributed by atoms with E-state index in [1.807, 2.05) is 30.3 Å². The summed E-state index contributed by atoms with van der Waals surface area (Å²) in [5, 5.41) is 3.29. The average Bonchev–Trinajstić information content (AvgIpc) is 2.83. The SMILES string of the molecule is N[C@H](CNCc1cnc[nH]1)c1ccccc1. The first-order valence-electron chi connectivity index (χ1n) is 5.35. The molecule has 0 unspecified atom stereocenters. The van der Waals surface area contributed by atoms with Crippen LogP contribution in [0.1, 0.15) is 17.3 Å². The maximum Gasteiger partial charge on any atom is 0.0922 e. The second-order valence-corrected chi connectivity index (χ2v) is 3.72. The number of aromatic nitrogens is 2. The molecule has 4 N–H and O–H groups in total. The largest absolute Gasteiger partial charge is 0.347 e. The molecule has 0 aliphatic rings. The number of rotatable bonds is 5. The third kappa shape index (κ3) is 2.92.